The van der Waals surface area contributed by atoms with E-state index < -0.39 is 11.2 Å². The lowest BCUT2D eigenvalue weighted by molar-refractivity contribution is 0.703. The van der Waals surface area contributed by atoms with Gasteiger partial charge in [0.05, 0.1) is 6.21 Å². The molecule has 0 atom stereocenters. The molecule has 3 rings (SSSR count). The molecule has 2 aromatic heterocycles. The number of rotatable bonds is 5. The van der Waals surface area contributed by atoms with Gasteiger partial charge in [0.2, 0.25) is 5.95 Å². The third-order valence-electron chi connectivity index (χ3n) is 3.93. The van der Waals surface area contributed by atoms with Gasteiger partial charge in [0, 0.05) is 31.2 Å². The summed E-state index contributed by atoms with van der Waals surface area (Å²) < 4.78 is 3.98. The van der Waals surface area contributed by atoms with Crippen molar-refractivity contribution < 1.29 is 0 Å². The van der Waals surface area contributed by atoms with Crippen LogP contribution in [0.15, 0.2) is 51.6 Å². The average molecular weight is 373 g/mol. The van der Waals surface area contributed by atoms with Crippen LogP contribution in [0.2, 0.25) is 5.02 Å². The van der Waals surface area contributed by atoms with E-state index in [-0.39, 0.29) is 5.65 Å². The second kappa shape index (κ2) is 7.01. The monoisotopic (exact) mass is 372 g/mol. The van der Waals surface area contributed by atoms with E-state index in [1.165, 1.54) is 11.6 Å². The summed E-state index contributed by atoms with van der Waals surface area (Å²) >= 11 is 6.09. The molecule has 0 fully saturated rings. The van der Waals surface area contributed by atoms with Gasteiger partial charge in [-0.3, -0.25) is 18.5 Å². The van der Waals surface area contributed by atoms with E-state index in [9.17, 15) is 9.59 Å². The molecule has 26 heavy (non-hydrogen) atoms. The third-order valence-corrected chi connectivity index (χ3v) is 4.28. The Hall–Kier alpha value is -3.13. The van der Waals surface area contributed by atoms with Gasteiger partial charge in [0.1, 0.15) is 0 Å². The van der Waals surface area contributed by atoms with Crippen LogP contribution in [-0.4, -0.2) is 24.9 Å². The van der Waals surface area contributed by atoms with Gasteiger partial charge in [-0.05, 0) is 6.07 Å². The number of anilines is 1. The molecule has 8 nitrogen and oxygen atoms in total. The van der Waals surface area contributed by atoms with Crippen molar-refractivity contribution in [2.45, 2.75) is 6.54 Å². The van der Waals surface area contributed by atoms with Gasteiger partial charge in [-0.1, -0.05) is 35.9 Å². The van der Waals surface area contributed by atoms with Crippen LogP contribution in [0.1, 0.15) is 5.56 Å². The number of hydrazone groups is 1. The first-order chi connectivity index (χ1) is 12.5. The summed E-state index contributed by atoms with van der Waals surface area (Å²) in [6.07, 6.45) is 3.19. The molecule has 0 aliphatic carbocycles. The number of nitrogens with zero attached hydrogens (tertiary/aromatic N) is 5. The molecule has 1 aromatic carbocycles. The number of fused-ring (bicyclic) bond motifs is 1. The van der Waals surface area contributed by atoms with Crippen molar-refractivity contribution in [3.05, 3.63) is 68.3 Å². The Morgan fingerprint density at radius 3 is 2.69 bits per heavy atom. The maximum atomic E-state index is 12.5. The molecule has 0 aliphatic heterocycles. The summed E-state index contributed by atoms with van der Waals surface area (Å²) in [5, 5.41) is 4.71. The zero-order valence-electron chi connectivity index (χ0n) is 14.3. The highest BCUT2D eigenvalue weighted by Crippen LogP contribution is 2.16. The van der Waals surface area contributed by atoms with Crippen LogP contribution in [0, 0.1) is 0 Å². The number of aryl methyl sites for hydroxylation is 1. The minimum absolute atomic E-state index is 0.274. The zero-order chi connectivity index (χ0) is 18.8. The van der Waals surface area contributed by atoms with Crippen LogP contribution < -0.4 is 16.7 Å². The number of aromatic nitrogens is 4. The molecule has 2 heterocycles. The van der Waals surface area contributed by atoms with Gasteiger partial charge in [-0.15, -0.1) is 6.58 Å². The largest absolute Gasteiger partial charge is 0.332 e. The number of nitrogens with one attached hydrogen (secondary N) is 1. The number of allylic oxidation sites excluding steroid dienone is 1. The molecular formula is C17H17ClN6O2. The average Bonchev–Trinajstić information content (AvgIpc) is 2.99. The van der Waals surface area contributed by atoms with E-state index in [2.05, 4.69) is 22.1 Å². The maximum Gasteiger partial charge on any atom is 0.332 e. The fourth-order valence-electron chi connectivity index (χ4n) is 2.58. The second-order valence-corrected chi connectivity index (χ2v) is 6.01. The number of hydrogen-bond donors (Lipinski definition) is 1. The van der Waals surface area contributed by atoms with Crippen LogP contribution in [0.5, 0.6) is 0 Å². The minimum atomic E-state index is -0.447. The van der Waals surface area contributed by atoms with Crippen molar-refractivity contribution >= 4 is 34.9 Å². The van der Waals surface area contributed by atoms with Gasteiger partial charge in [-0.25, -0.2) is 10.2 Å². The van der Waals surface area contributed by atoms with E-state index in [4.69, 9.17) is 11.6 Å². The summed E-state index contributed by atoms with van der Waals surface area (Å²) in [6, 6.07) is 7.25. The molecule has 1 N–H and O–H groups in total. The lowest BCUT2D eigenvalue weighted by Gasteiger charge is -2.06. The van der Waals surface area contributed by atoms with Crippen LogP contribution in [0.25, 0.3) is 11.2 Å². The molecule has 0 spiro atoms. The molecule has 0 aliphatic rings. The van der Waals surface area contributed by atoms with Gasteiger partial charge in [0.25, 0.3) is 5.56 Å². The van der Waals surface area contributed by atoms with E-state index in [1.54, 1.807) is 30.0 Å². The van der Waals surface area contributed by atoms with E-state index in [1.807, 2.05) is 18.2 Å². The first kappa shape index (κ1) is 17.7. The number of imidazole rings is 1. The Labute approximate surface area is 153 Å². The quantitative estimate of drug-likeness (QED) is 0.420. The fraction of sp³-hybridized carbons (Fsp3) is 0.176. The molecule has 0 unspecified atom stereocenters. The van der Waals surface area contributed by atoms with E-state index in [0.29, 0.717) is 23.0 Å². The predicted octanol–water partition coefficient (Wildman–Crippen LogP) is 1.72. The number of hydrogen-bond acceptors (Lipinski definition) is 5. The molecule has 0 saturated heterocycles. The number of benzene rings is 1. The highest BCUT2D eigenvalue weighted by atomic mass is 35.5. The first-order valence-corrected chi connectivity index (χ1v) is 8.14. The summed E-state index contributed by atoms with van der Waals surface area (Å²) in [5.74, 6) is 0.321. The molecule has 3 aromatic rings. The molecular weight excluding hydrogens is 356 g/mol. The number of halogens is 1. The zero-order valence-corrected chi connectivity index (χ0v) is 15.1. The Morgan fingerprint density at radius 2 is 2.00 bits per heavy atom. The van der Waals surface area contributed by atoms with Crippen molar-refractivity contribution in [2.24, 2.45) is 19.2 Å². The van der Waals surface area contributed by atoms with Crippen molar-refractivity contribution in [3.8, 4) is 0 Å². The van der Waals surface area contributed by atoms with Crippen molar-refractivity contribution in [1.82, 2.24) is 18.7 Å². The first-order valence-electron chi connectivity index (χ1n) is 7.76. The summed E-state index contributed by atoms with van der Waals surface area (Å²) in [4.78, 5) is 29.0. The Balaban J connectivity index is 2.10. The highest BCUT2D eigenvalue weighted by molar-refractivity contribution is 6.33. The Bertz CT molecular complexity index is 1140. The highest BCUT2D eigenvalue weighted by Gasteiger charge is 2.18. The van der Waals surface area contributed by atoms with Crippen LogP contribution in [0.4, 0.5) is 5.95 Å². The van der Waals surface area contributed by atoms with Crippen molar-refractivity contribution in [1.29, 1.82) is 0 Å². The minimum Gasteiger partial charge on any atom is -0.299 e. The molecule has 0 amide bonds. The standard InChI is InChI=1S/C17H17ClN6O2/c1-4-9-24-13-14(22(2)17(26)23(3)15(13)25)20-16(24)21-19-10-11-7-5-6-8-12(11)18/h4-8,10H,1,9H2,2-3H3,(H,20,21). The van der Waals surface area contributed by atoms with Gasteiger partial charge < -0.3 is 0 Å². The molecule has 134 valence electrons. The summed E-state index contributed by atoms with van der Waals surface area (Å²) in [6.45, 7) is 4.03. The SMILES string of the molecule is C=CCn1c(NN=Cc2ccccc2Cl)nc2c1c(=O)n(C)c(=O)n2C. The normalized spacial score (nSPS) is 11.3. The van der Waals surface area contributed by atoms with E-state index >= 15 is 0 Å². The maximum absolute atomic E-state index is 12.5. The third kappa shape index (κ3) is 2.95. The Kier molecular flexibility index (Phi) is 4.77. The topological polar surface area (TPSA) is 86.2 Å². The van der Waals surface area contributed by atoms with Crippen molar-refractivity contribution in [3.63, 3.8) is 0 Å². The van der Waals surface area contributed by atoms with Crippen LogP contribution in [0.3, 0.4) is 0 Å². The summed E-state index contributed by atoms with van der Waals surface area (Å²) in [7, 11) is 2.99. The predicted molar refractivity (Wildman–Crippen MR) is 103 cm³/mol. The van der Waals surface area contributed by atoms with Crippen molar-refractivity contribution in [2.75, 3.05) is 5.43 Å². The van der Waals surface area contributed by atoms with E-state index in [0.717, 1.165) is 10.1 Å². The Morgan fingerprint density at radius 1 is 1.27 bits per heavy atom. The second-order valence-electron chi connectivity index (χ2n) is 5.60. The summed E-state index contributed by atoms with van der Waals surface area (Å²) in [5.41, 5.74) is 3.23. The smallest absolute Gasteiger partial charge is 0.299 e. The van der Waals surface area contributed by atoms with Crippen LogP contribution in [-0.2, 0) is 20.6 Å². The van der Waals surface area contributed by atoms with Gasteiger partial charge >= 0.3 is 5.69 Å². The lowest BCUT2D eigenvalue weighted by atomic mass is 10.2. The fourth-order valence-corrected chi connectivity index (χ4v) is 2.76. The molecule has 0 radical (unpaired) electrons. The van der Waals surface area contributed by atoms with Gasteiger partial charge in [-0.2, -0.15) is 10.1 Å². The lowest BCUT2D eigenvalue weighted by Crippen LogP contribution is -2.37. The molecule has 9 heteroatoms. The van der Waals surface area contributed by atoms with Crippen LogP contribution >= 0.6 is 11.6 Å². The van der Waals surface area contributed by atoms with Gasteiger partial charge in [0.15, 0.2) is 11.2 Å². The molecule has 0 saturated carbocycles. The molecule has 0 bridgehead atoms.